The van der Waals surface area contributed by atoms with E-state index in [2.05, 4.69) is 182 Å². The van der Waals surface area contributed by atoms with Crippen molar-refractivity contribution < 1.29 is 33.8 Å². The van der Waals surface area contributed by atoms with Crippen LogP contribution in [0.4, 0.5) is 0 Å². The van der Waals surface area contributed by atoms with Crippen LogP contribution in [-0.4, -0.2) is 0 Å². The quantitative estimate of drug-likeness (QED) is 0.121. The smallest absolute Gasteiger partial charge is 0.136 e. The van der Waals surface area contributed by atoms with E-state index in [0.29, 0.717) is 16.7 Å². The number of hydrogen-bond donors (Lipinski definition) is 0. The fourth-order valence-electron chi connectivity index (χ4n) is 19.3. The van der Waals surface area contributed by atoms with Gasteiger partial charge < -0.3 is 13.3 Å². The number of benzene rings is 23. The first-order valence-electron chi connectivity index (χ1n) is 50.5. The van der Waals surface area contributed by atoms with E-state index in [1.54, 1.807) is 0 Å². The summed E-state index contributed by atoms with van der Waals surface area (Å²) in [5.74, 6) is 0. The van der Waals surface area contributed by atoms with Crippen LogP contribution in [0.1, 0.15) is 20.6 Å². The Kier molecular flexibility index (Phi) is 15.4. The van der Waals surface area contributed by atoms with E-state index >= 15 is 0 Å². The van der Waals surface area contributed by atoms with Gasteiger partial charge in [0.1, 0.15) is 33.5 Å². The normalized spacial score (nSPS) is 13.2. The minimum atomic E-state index is -0.401. The van der Waals surface area contributed by atoms with Gasteiger partial charge in [0.05, 0.1) is 20.6 Å². The first-order valence-corrected chi connectivity index (χ1v) is 43.0. The molecule has 0 unspecified atom stereocenters. The fourth-order valence-corrected chi connectivity index (χ4v) is 19.3. The molecule has 3 aromatic heterocycles. The third-order valence-electron chi connectivity index (χ3n) is 25.1. The van der Waals surface area contributed by atoms with Gasteiger partial charge in [0.25, 0.3) is 0 Å². The Bertz CT molecular complexity index is 9560. The van der Waals surface area contributed by atoms with Gasteiger partial charge in [0, 0.05) is 32.3 Å². The molecule has 0 aliphatic carbocycles. The summed E-state index contributed by atoms with van der Waals surface area (Å²) in [7, 11) is 0. The molecular formula is C126H80O3. The van der Waals surface area contributed by atoms with Crippen LogP contribution in [0.5, 0.6) is 0 Å². The topological polar surface area (TPSA) is 39.4 Å². The van der Waals surface area contributed by atoms with Crippen LogP contribution in [0.15, 0.2) is 498 Å². The maximum atomic E-state index is 8.84. The molecule has 0 atom stereocenters. The predicted molar refractivity (Wildman–Crippen MR) is 546 cm³/mol. The maximum absolute atomic E-state index is 8.84. The molecule has 23 aromatic carbocycles. The van der Waals surface area contributed by atoms with Crippen molar-refractivity contribution in [3.8, 4) is 122 Å². The lowest BCUT2D eigenvalue weighted by molar-refractivity contribution is 0.668. The van der Waals surface area contributed by atoms with Gasteiger partial charge in [0.2, 0.25) is 0 Å². The average Bonchev–Trinajstić information content (AvgIpc) is 1.14. The Hall–Kier alpha value is -17.0. The molecule has 0 aliphatic rings. The summed E-state index contributed by atoms with van der Waals surface area (Å²) in [4.78, 5) is 0. The third kappa shape index (κ3) is 13.6. The van der Waals surface area contributed by atoms with Crippen LogP contribution in [0.2, 0.25) is 0 Å². The zero-order chi connectivity index (χ0) is 98.3. The molecule has 0 aliphatic heterocycles. The summed E-state index contributed by atoms with van der Waals surface area (Å²) < 4.78 is 147. The first-order chi connectivity index (χ1) is 70.2. The molecule has 602 valence electrons. The van der Waals surface area contributed by atoms with Gasteiger partial charge in [-0.05, 0) is 254 Å². The van der Waals surface area contributed by atoms with Crippen molar-refractivity contribution in [1.29, 1.82) is 0 Å². The monoisotopic (exact) mass is 1660 g/mol. The molecule has 0 fully saturated rings. The van der Waals surface area contributed by atoms with E-state index in [0.717, 1.165) is 197 Å². The van der Waals surface area contributed by atoms with E-state index in [1.165, 1.54) is 22.3 Å². The summed E-state index contributed by atoms with van der Waals surface area (Å²) in [6.07, 6.45) is 0. The lowest BCUT2D eigenvalue weighted by atomic mass is 9.85. The molecule has 0 saturated heterocycles. The molecule has 0 bridgehead atoms. The van der Waals surface area contributed by atoms with Crippen molar-refractivity contribution in [2.24, 2.45) is 0 Å². The highest BCUT2D eigenvalue weighted by atomic mass is 16.3. The minimum Gasteiger partial charge on any atom is -0.456 e. The highest BCUT2D eigenvalue weighted by Crippen LogP contribution is 2.51. The Morgan fingerprint density at radius 1 is 0.132 bits per heavy atom. The van der Waals surface area contributed by atoms with Crippen molar-refractivity contribution >= 4 is 130 Å². The number of rotatable bonds is 11. The van der Waals surface area contributed by atoms with Gasteiger partial charge in [-0.3, -0.25) is 0 Å². The largest absolute Gasteiger partial charge is 0.456 e. The Labute approximate surface area is 767 Å². The van der Waals surface area contributed by atoms with Crippen LogP contribution in [0.3, 0.4) is 0 Å². The second kappa shape index (κ2) is 32.3. The van der Waals surface area contributed by atoms with E-state index in [9.17, 15) is 0 Å². The summed E-state index contributed by atoms with van der Waals surface area (Å²) in [5, 5.41) is 16.6. The van der Waals surface area contributed by atoms with E-state index < -0.39 is 18.1 Å². The highest BCUT2D eigenvalue weighted by molar-refractivity contribution is 6.28. The number of furan rings is 3. The second-order valence-electron chi connectivity index (χ2n) is 32.3. The van der Waals surface area contributed by atoms with Crippen LogP contribution in [0.25, 0.3) is 253 Å². The van der Waals surface area contributed by atoms with Crippen molar-refractivity contribution in [2.75, 3.05) is 0 Å². The van der Waals surface area contributed by atoms with Crippen LogP contribution >= 0.6 is 0 Å². The van der Waals surface area contributed by atoms with Gasteiger partial charge in [-0.2, -0.15) is 0 Å². The van der Waals surface area contributed by atoms with Gasteiger partial charge in [-0.25, -0.2) is 0 Å². The minimum absolute atomic E-state index is 0.203. The molecule has 0 radical (unpaired) electrons. The molecule has 3 heterocycles. The molecule has 0 spiro atoms. The van der Waals surface area contributed by atoms with Crippen LogP contribution in [0, 0.1) is 0 Å². The number of fused-ring (bicyclic) bond motifs is 15. The molecule has 26 rings (SSSR count). The molecule has 3 heteroatoms. The lowest BCUT2D eigenvalue weighted by Crippen LogP contribution is -1.91. The zero-order valence-corrected chi connectivity index (χ0v) is 69.3. The van der Waals surface area contributed by atoms with Crippen LogP contribution < -0.4 is 0 Å². The standard InChI is InChI=1S/2C44H28O.C38H24O/c1-3-11-29(12-4-1)30-19-21-31(22-20-30)33-23-25-35-40-27-34(24-26-41(40)45-42(35)28-33)44-38-17-9-7-15-36(38)43(32-13-5-2-6-14-32)37-16-8-10-18-39(37)44;1-3-11-29(12-4-1)30-19-21-31(22-20-30)33-23-25-41-39(27-33)40-28-34(24-26-42(40)45-41)44-37-17-9-7-15-35(37)43(32-13-5-2-6-14-32)36-16-8-10-18-38(36)44;1-3-12-25(13-4-1)27-22-23-34-33(24-27)38-32(20-11-21-35(38)39-34)37-30-18-9-7-16-28(30)36(26-14-5-2-6-15-26)29-17-8-10-19-31(29)37/h2*1-28H;1-24H/i2*2D,5D,6D,13D,14D;2D,5D,6D,14D,15D. The first kappa shape index (κ1) is 61.3. The van der Waals surface area contributed by atoms with Gasteiger partial charge in [-0.1, -0.05) is 418 Å². The Balaban J connectivity index is 0.000000117. The molecular weight excluding hydrogens is 1560 g/mol. The van der Waals surface area contributed by atoms with Crippen molar-refractivity contribution in [1.82, 2.24) is 0 Å². The highest BCUT2D eigenvalue weighted by Gasteiger charge is 2.25. The van der Waals surface area contributed by atoms with Gasteiger partial charge in [0.15, 0.2) is 0 Å². The average molecular weight is 1660 g/mol. The molecule has 0 amide bonds. The van der Waals surface area contributed by atoms with E-state index in [1.807, 2.05) is 212 Å². The van der Waals surface area contributed by atoms with Gasteiger partial charge >= 0.3 is 0 Å². The maximum Gasteiger partial charge on any atom is 0.136 e. The van der Waals surface area contributed by atoms with Gasteiger partial charge in [-0.15, -0.1) is 0 Å². The van der Waals surface area contributed by atoms with E-state index in [4.69, 9.17) is 33.8 Å². The molecule has 26 aromatic rings. The summed E-state index contributed by atoms with van der Waals surface area (Å²) >= 11 is 0. The van der Waals surface area contributed by atoms with E-state index in [-0.39, 0.29) is 89.2 Å². The van der Waals surface area contributed by atoms with Crippen molar-refractivity contribution in [3.05, 3.63) is 485 Å². The lowest BCUT2D eigenvalue weighted by Gasteiger charge is -2.18. The fraction of sp³-hybridized carbons (Fsp3) is 0. The molecule has 0 saturated carbocycles. The van der Waals surface area contributed by atoms with Crippen molar-refractivity contribution in [3.63, 3.8) is 0 Å². The second-order valence-corrected chi connectivity index (χ2v) is 32.3. The SMILES string of the molecule is [2H]c1c([2H])c([2H])c(-c2c3ccccc3c(-c3ccc4oc5cc(-c6ccc(-c7ccccc7)cc6)ccc5c4c3)c3ccccc23)c([2H])c1[2H].[2H]c1c([2H])c([2H])c(-c2c3ccccc3c(-c3ccc4oc5ccc(-c6ccc(-c7ccccc7)cc6)cc5c4c3)c3ccccc23)c([2H])c1[2H].[2H]c1c([2H])c([2H])c(-c2c3ccccc3c(-c3cccc4oc5ccc(-c6ccccc6)cc5c34)c3ccccc23)c([2H])c1[2H]. The predicted octanol–water partition coefficient (Wildman–Crippen LogP) is 36.0. The Morgan fingerprint density at radius 2 is 0.372 bits per heavy atom. The zero-order valence-electron chi connectivity index (χ0n) is 84.3. The molecule has 129 heavy (non-hydrogen) atoms. The third-order valence-corrected chi connectivity index (χ3v) is 25.1. The molecule has 3 nitrogen and oxygen atoms in total. The Morgan fingerprint density at radius 3 is 0.736 bits per heavy atom. The summed E-state index contributed by atoms with van der Waals surface area (Å²) in [6.45, 7) is 0. The summed E-state index contributed by atoms with van der Waals surface area (Å²) in [5.41, 5.74) is 24.7. The molecule has 0 N–H and O–H groups in total. The van der Waals surface area contributed by atoms with Crippen molar-refractivity contribution in [2.45, 2.75) is 0 Å². The number of hydrogen-bond acceptors (Lipinski definition) is 3. The van der Waals surface area contributed by atoms with Crippen LogP contribution in [-0.2, 0) is 0 Å². The summed E-state index contributed by atoms with van der Waals surface area (Å²) in [6, 6.07) is 129.